The van der Waals surface area contributed by atoms with Crippen LogP contribution in [0.5, 0.6) is 0 Å². The van der Waals surface area contributed by atoms with Crippen molar-refractivity contribution in [2.24, 2.45) is 0 Å². The van der Waals surface area contributed by atoms with Gasteiger partial charge in [0.15, 0.2) is 0 Å². The Hall–Kier alpha value is -1.31. The third-order valence-electron chi connectivity index (χ3n) is 4.46. The normalized spacial score (nSPS) is 17.5. The maximum atomic E-state index is 11.2. The van der Waals surface area contributed by atoms with Crippen molar-refractivity contribution >= 4 is 11.5 Å². The minimum atomic E-state index is 0.246. The summed E-state index contributed by atoms with van der Waals surface area (Å²) in [6.07, 6.45) is 4.56. The zero-order chi connectivity index (χ0) is 13.9. The molecule has 1 N–H and O–H groups in total. The minimum absolute atomic E-state index is 0.246. The Morgan fingerprint density at radius 1 is 1.16 bits per heavy atom. The predicted octanol–water partition coefficient (Wildman–Crippen LogP) is 4.30. The van der Waals surface area contributed by atoms with E-state index in [1.165, 1.54) is 11.3 Å². The number of ketones is 1. The fourth-order valence-corrected chi connectivity index (χ4v) is 2.54. The van der Waals surface area contributed by atoms with Gasteiger partial charge in [-0.2, -0.15) is 0 Å². The van der Waals surface area contributed by atoms with E-state index in [4.69, 9.17) is 0 Å². The van der Waals surface area contributed by atoms with Gasteiger partial charge < -0.3 is 5.32 Å². The molecule has 2 rings (SSSR count). The topological polar surface area (TPSA) is 29.1 Å². The summed E-state index contributed by atoms with van der Waals surface area (Å²) in [6, 6.07) is 9.24. The molecule has 0 heterocycles. The van der Waals surface area contributed by atoms with Crippen molar-refractivity contribution in [2.45, 2.75) is 64.3 Å². The molecule has 2 nitrogen and oxygen atoms in total. The third-order valence-corrected chi connectivity index (χ3v) is 4.46. The molecule has 0 atom stereocenters. The fraction of sp³-hybridized carbons (Fsp3) is 0.588. The number of benzene rings is 1. The molecule has 1 saturated carbocycles. The van der Waals surface area contributed by atoms with Crippen molar-refractivity contribution in [1.29, 1.82) is 0 Å². The average Bonchev–Trinajstić information content (AvgIpc) is 2.42. The molecule has 1 aromatic carbocycles. The van der Waals surface area contributed by atoms with Crippen molar-refractivity contribution in [3.05, 3.63) is 29.8 Å². The van der Waals surface area contributed by atoms with E-state index in [9.17, 15) is 4.79 Å². The van der Waals surface area contributed by atoms with E-state index in [0.29, 0.717) is 11.8 Å². The summed E-state index contributed by atoms with van der Waals surface area (Å²) in [5, 5.41) is 3.55. The monoisotopic (exact) mass is 259 g/mol. The van der Waals surface area contributed by atoms with E-state index in [0.717, 1.165) is 32.1 Å². The number of anilines is 1. The molecule has 1 aromatic rings. The summed E-state index contributed by atoms with van der Waals surface area (Å²) < 4.78 is 0. The minimum Gasteiger partial charge on any atom is -0.382 e. The summed E-state index contributed by atoms with van der Waals surface area (Å²) in [6.45, 7) is 6.79. The molecule has 1 aliphatic carbocycles. The van der Waals surface area contributed by atoms with Crippen LogP contribution in [-0.4, -0.2) is 11.8 Å². The van der Waals surface area contributed by atoms with Gasteiger partial charge in [-0.05, 0) is 42.4 Å². The molecule has 1 fully saturated rings. The van der Waals surface area contributed by atoms with E-state index < -0.39 is 0 Å². The van der Waals surface area contributed by atoms with Gasteiger partial charge in [0.25, 0.3) is 0 Å². The van der Waals surface area contributed by atoms with Crippen LogP contribution in [0.1, 0.15) is 58.4 Å². The average molecular weight is 259 g/mol. The standard InChI is InChI=1S/C17H25NO/c1-4-17(2,3)13-5-7-14(8-6-13)18-15-9-11-16(19)12-10-15/h5-8,15,18H,4,9-12H2,1-3H3. The molecule has 0 aliphatic heterocycles. The van der Waals surface area contributed by atoms with Crippen LogP contribution in [0, 0.1) is 0 Å². The van der Waals surface area contributed by atoms with Gasteiger partial charge in [-0.3, -0.25) is 4.79 Å². The second kappa shape index (κ2) is 5.77. The van der Waals surface area contributed by atoms with Crippen molar-refractivity contribution in [3.63, 3.8) is 0 Å². The van der Waals surface area contributed by atoms with Gasteiger partial charge in [0, 0.05) is 24.6 Å². The Bertz CT molecular complexity index is 423. The lowest BCUT2D eigenvalue weighted by atomic mass is 9.82. The van der Waals surface area contributed by atoms with Crippen molar-refractivity contribution < 1.29 is 4.79 Å². The zero-order valence-corrected chi connectivity index (χ0v) is 12.3. The first-order valence-corrected chi connectivity index (χ1v) is 7.40. The van der Waals surface area contributed by atoms with Gasteiger partial charge in [0.05, 0.1) is 0 Å². The third kappa shape index (κ3) is 3.59. The van der Waals surface area contributed by atoms with E-state index in [-0.39, 0.29) is 5.41 Å². The lowest BCUT2D eigenvalue weighted by Crippen LogP contribution is -2.26. The molecule has 19 heavy (non-hydrogen) atoms. The molecular weight excluding hydrogens is 234 g/mol. The fourth-order valence-electron chi connectivity index (χ4n) is 2.54. The van der Waals surface area contributed by atoms with Gasteiger partial charge in [-0.15, -0.1) is 0 Å². The number of hydrogen-bond donors (Lipinski definition) is 1. The zero-order valence-electron chi connectivity index (χ0n) is 12.3. The molecule has 0 aromatic heterocycles. The molecule has 1 aliphatic rings. The second-order valence-electron chi connectivity index (χ2n) is 6.27. The maximum absolute atomic E-state index is 11.2. The number of hydrogen-bond acceptors (Lipinski definition) is 2. The first-order chi connectivity index (χ1) is 9.01. The summed E-state index contributed by atoms with van der Waals surface area (Å²) in [5.41, 5.74) is 2.81. The molecule has 0 spiro atoms. The Balaban J connectivity index is 1.97. The van der Waals surface area contributed by atoms with Gasteiger partial charge in [-0.25, -0.2) is 0 Å². The summed E-state index contributed by atoms with van der Waals surface area (Å²) in [7, 11) is 0. The van der Waals surface area contributed by atoms with E-state index in [1.807, 2.05) is 0 Å². The van der Waals surface area contributed by atoms with Gasteiger partial charge in [0.1, 0.15) is 5.78 Å². The predicted molar refractivity (Wildman–Crippen MR) is 80.6 cm³/mol. The molecule has 0 saturated heterocycles. The highest BCUT2D eigenvalue weighted by atomic mass is 16.1. The van der Waals surface area contributed by atoms with Crippen LogP contribution in [0.3, 0.4) is 0 Å². The van der Waals surface area contributed by atoms with Crippen molar-refractivity contribution in [2.75, 3.05) is 5.32 Å². The first-order valence-electron chi connectivity index (χ1n) is 7.40. The van der Waals surface area contributed by atoms with Crippen LogP contribution in [0.2, 0.25) is 0 Å². The summed E-state index contributed by atoms with van der Waals surface area (Å²) >= 11 is 0. The summed E-state index contributed by atoms with van der Waals surface area (Å²) in [4.78, 5) is 11.2. The second-order valence-corrected chi connectivity index (χ2v) is 6.27. The highest BCUT2D eigenvalue weighted by molar-refractivity contribution is 5.79. The van der Waals surface area contributed by atoms with Crippen LogP contribution in [0.4, 0.5) is 5.69 Å². The quantitative estimate of drug-likeness (QED) is 0.873. The van der Waals surface area contributed by atoms with Crippen LogP contribution >= 0.6 is 0 Å². The van der Waals surface area contributed by atoms with Crippen molar-refractivity contribution in [3.8, 4) is 0 Å². The largest absolute Gasteiger partial charge is 0.382 e. The lowest BCUT2D eigenvalue weighted by Gasteiger charge is -2.25. The smallest absolute Gasteiger partial charge is 0.133 e. The molecule has 104 valence electrons. The Morgan fingerprint density at radius 2 is 1.74 bits per heavy atom. The van der Waals surface area contributed by atoms with Crippen LogP contribution in [0.15, 0.2) is 24.3 Å². The van der Waals surface area contributed by atoms with Crippen LogP contribution < -0.4 is 5.32 Å². The van der Waals surface area contributed by atoms with E-state index in [2.05, 4.69) is 50.4 Å². The highest BCUT2D eigenvalue weighted by Crippen LogP contribution is 2.28. The maximum Gasteiger partial charge on any atom is 0.133 e. The van der Waals surface area contributed by atoms with Gasteiger partial charge in [-0.1, -0.05) is 32.9 Å². The number of carbonyl (C=O) groups is 1. The highest BCUT2D eigenvalue weighted by Gasteiger charge is 2.19. The molecule has 2 heteroatoms. The van der Waals surface area contributed by atoms with Crippen LogP contribution in [-0.2, 0) is 10.2 Å². The van der Waals surface area contributed by atoms with Crippen LogP contribution in [0.25, 0.3) is 0 Å². The number of carbonyl (C=O) groups excluding carboxylic acids is 1. The Kier molecular flexibility index (Phi) is 4.28. The van der Waals surface area contributed by atoms with Gasteiger partial charge >= 0.3 is 0 Å². The lowest BCUT2D eigenvalue weighted by molar-refractivity contribution is -0.120. The molecular formula is C17H25NO. The van der Waals surface area contributed by atoms with E-state index >= 15 is 0 Å². The number of nitrogens with one attached hydrogen (secondary N) is 1. The Labute approximate surface area is 116 Å². The molecule has 0 radical (unpaired) electrons. The molecule has 0 amide bonds. The number of rotatable bonds is 4. The van der Waals surface area contributed by atoms with Gasteiger partial charge in [0.2, 0.25) is 0 Å². The first kappa shape index (κ1) is 14.1. The van der Waals surface area contributed by atoms with E-state index in [1.54, 1.807) is 0 Å². The SMILES string of the molecule is CCC(C)(C)c1ccc(NC2CCC(=O)CC2)cc1. The Morgan fingerprint density at radius 3 is 2.26 bits per heavy atom. The van der Waals surface area contributed by atoms with Crippen molar-refractivity contribution in [1.82, 2.24) is 0 Å². The molecule has 0 unspecified atom stereocenters. The number of Topliss-reactive ketones (excluding diaryl/α,β-unsaturated/α-hetero) is 1. The molecule has 0 bridgehead atoms. The summed E-state index contributed by atoms with van der Waals surface area (Å²) in [5.74, 6) is 0.415.